The highest BCUT2D eigenvalue weighted by atomic mass is 35.5. The fourth-order valence-corrected chi connectivity index (χ4v) is 2.79. The predicted molar refractivity (Wildman–Crippen MR) is 75.6 cm³/mol. The molecule has 0 bridgehead atoms. The van der Waals surface area contributed by atoms with Gasteiger partial charge in [-0.05, 0) is 18.2 Å². The van der Waals surface area contributed by atoms with E-state index in [1.165, 1.54) is 6.20 Å². The minimum Gasteiger partial charge on any atom is -0.390 e. The number of halogens is 4. The summed E-state index contributed by atoms with van der Waals surface area (Å²) < 4.78 is 0. The summed E-state index contributed by atoms with van der Waals surface area (Å²) in [5, 5.41) is 10.9. The van der Waals surface area contributed by atoms with Crippen LogP contribution in [-0.2, 0) is 6.61 Å². The zero-order valence-corrected chi connectivity index (χ0v) is 11.9. The van der Waals surface area contributed by atoms with Crippen molar-refractivity contribution in [1.82, 2.24) is 4.98 Å². The number of pyridine rings is 1. The van der Waals surface area contributed by atoms with E-state index < -0.39 is 0 Å². The molecule has 2 nitrogen and oxygen atoms in total. The molecule has 0 atom stereocenters. The molecule has 0 saturated heterocycles. The Labute approximate surface area is 124 Å². The predicted octanol–water partition coefficient (Wildman–Crippen LogP) is 4.85. The quantitative estimate of drug-likeness (QED) is 0.857. The largest absolute Gasteiger partial charge is 0.390 e. The number of aromatic nitrogens is 1. The second-order valence-corrected chi connectivity index (χ2v) is 5.24. The first kappa shape index (κ1) is 13.9. The Balaban J connectivity index is 2.72. The van der Waals surface area contributed by atoms with Gasteiger partial charge in [0.25, 0.3) is 0 Å². The van der Waals surface area contributed by atoms with E-state index >= 15 is 0 Å². The highest BCUT2D eigenvalue weighted by Crippen LogP contribution is 2.39. The summed E-state index contributed by atoms with van der Waals surface area (Å²) >= 11 is 24.0. The monoisotopic (exact) mass is 321 g/mol. The standard InChI is InChI=1S/C12H7Cl4NO/c13-6-2-9(15)12(10(16)3-6)8-1-7(14)4-17-11(8)5-18/h1-4,18H,5H2. The first-order valence-electron chi connectivity index (χ1n) is 4.93. The van der Waals surface area contributed by atoms with Gasteiger partial charge in [-0.3, -0.25) is 4.98 Å². The smallest absolute Gasteiger partial charge is 0.0859 e. The topological polar surface area (TPSA) is 33.1 Å². The molecule has 18 heavy (non-hydrogen) atoms. The average molecular weight is 323 g/mol. The van der Waals surface area contributed by atoms with Gasteiger partial charge in [-0.15, -0.1) is 0 Å². The van der Waals surface area contributed by atoms with Crippen LogP contribution in [0.1, 0.15) is 5.69 Å². The Morgan fingerprint density at radius 3 is 2.11 bits per heavy atom. The van der Waals surface area contributed by atoms with Crippen LogP contribution in [0.3, 0.4) is 0 Å². The van der Waals surface area contributed by atoms with Crippen LogP contribution in [-0.4, -0.2) is 10.1 Å². The summed E-state index contributed by atoms with van der Waals surface area (Å²) in [6.45, 7) is -0.234. The molecule has 1 N–H and O–H groups in total. The summed E-state index contributed by atoms with van der Waals surface area (Å²) in [6.07, 6.45) is 1.45. The van der Waals surface area contributed by atoms with Crippen molar-refractivity contribution in [2.75, 3.05) is 0 Å². The van der Waals surface area contributed by atoms with Gasteiger partial charge in [-0.1, -0.05) is 46.4 Å². The molecule has 0 aliphatic heterocycles. The first-order valence-corrected chi connectivity index (χ1v) is 6.44. The van der Waals surface area contributed by atoms with Gasteiger partial charge >= 0.3 is 0 Å². The van der Waals surface area contributed by atoms with E-state index in [0.29, 0.717) is 36.9 Å². The van der Waals surface area contributed by atoms with Crippen molar-refractivity contribution in [2.24, 2.45) is 0 Å². The van der Waals surface area contributed by atoms with Crippen molar-refractivity contribution in [2.45, 2.75) is 6.61 Å². The summed E-state index contributed by atoms with van der Waals surface area (Å²) in [5.74, 6) is 0. The molecule has 0 amide bonds. The molecular weight excluding hydrogens is 316 g/mol. The van der Waals surface area contributed by atoms with Crippen molar-refractivity contribution in [1.29, 1.82) is 0 Å². The lowest BCUT2D eigenvalue weighted by Gasteiger charge is -2.11. The minimum absolute atomic E-state index is 0.234. The van der Waals surface area contributed by atoms with Crippen LogP contribution in [0, 0.1) is 0 Å². The van der Waals surface area contributed by atoms with Crippen molar-refractivity contribution >= 4 is 46.4 Å². The van der Waals surface area contributed by atoms with Gasteiger partial charge < -0.3 is 5.11 Å². The third-order valence-corrected chi connectivity index (χ3v) is 3.38. The lowest BCUT2D eigenvalue weighted by molar-refractivity contribution is 0.277. The molecule has 0 radical (unpaired) electrons. The van der Waals surface area contributed by atoms with E-state index in [2.05, 4.69) is 4.98 Å². The van der Waals surface area contributed by atoms with Crippen LogP contribution in [0.25, 0.3) is 11.1 Å². The number of hydrogen-bond acceptors (Lipinski definition) is 2. The van der Waals surface area contributed by atoms with Gasteiger partial charge in [0.05, 0.1) is 27.4 Å². The molecule has 1 aromatic heterocycles. The summed E-state index contributed by atoms with van der Waals surface area (Å²) in [4.78, 5) is 4.05. The third kappa shape index (κ3) is 2.73. The van der Waals surface area contributed by atoms with Gasteiger partial charge in [0, 0.05) is 22.3 Å². The lowest BCUT2D eigenvalue weighted by atomic mass is 10.0. The van der Waals surface area contributed by atoms with Gasteiger partial charge in [-0.25, -0.2) is 0 Å². The second-order valence-electron chi connectivity index (χ2n) is 3.55. The van der Waals surface area contributed by atoms with Gasteiger partial charge in [-0.2, -0.15) is 0 Å². The number of nitrogens with zero attached hydrogens (tertiary/aromatic N) is 1. The molecule has 0 fully saturated rings. The number of benzene rings is 1. The van der Waals surface area contributed by atoms with Crippen molar-refractivity contribution in [3.8, 4) is 11.1 Å². The third-order valence-electron chi connectivity index (χ3n) is 2.36. The summed E-state index contributed by atoms with van der Waals surface area (Å²) in [7, 11) is 0. The highest BCUT2D eigenvalue weighted by molar-refractivity contribution is 6.42. The van der Waals surface area contributed by atoms with Crippen LogP contribution in [0.15, 0.2) is 24.4 Å². The maximum atomic E-state index is 9.29. The Morgan fingerprint density at radius 2 is 1.56 bits per heavy atom. The number of hydrogen-bond donors (Lipinski definition) is 1. The lowest BCUT2D eigenvalue weighted by Crippen LogP contribution is -1.95. The number of rotatable bonds is 2. The molecule has 0 aliphatic carbocycles. The Hall–Kier alpha value is -0.510. The van der Waals surface area contributed by atoms with E-state index in [0.717, 1.165) is 0 Å². The highest BCUT2D eigenvalue weighted by Gasteiger charge is 2.15. The molecule has 1 heterocycles. The first-order chi connectivity index (χ1) is 8.52. The maximum Gasteiger partial charge on any atom is 0.0859 e. The number of aliphatic hydroxyl groups is 1. The van der Waals surface area contributed by atoms with Crippen molar-refractivity contribution in [3.63, 3.8) is 0 Å². The van der Waals surface area contributed by atoms with Crippen LogP contribution in [0.5, 0.6) is 0 Å². The van der Waals surface area contributed by atoms with Crippen molar-refractivity contribution < 1.29 is 5.11 Å². The van der Waals surface area contributed by atoms with E-state index in [4.69, 9.17) is 46.4 Å². The summed E-state index contributed by atoms with van der Waals surface area (Å²) in [5.41, 5.74) is 1.60. The summed E-state index contributed by atoms with van der Waals surface area (Å²) in [6, 6.07) is 4.81. The zero-order chi connectivity index (χ0) is 13.3. The minimum atomic E-state index is -0.234. The second kappa shape index (κ2) is 5.64. The van der Waals surface area contributed by atoms with Crippen LogP contribution in [0.2, 0.25) is 20.1 Å². The Morgan fingerprint density at radius 1 is 0.944 bits per heavy atom. The fourth-order valence-electron chi connectivity index (χ4n) is 1.61. The molecule has 2 aromatic rings. The maximum absolute atomic E-state index is 9.29. The van der Waals surface area contributed by atoms with Gasteiger partial charge in [0.1, 0.15) is 0 Å². The van der Waals surface area contributed by atoms with Crippen LogP contribution in [0.4, 0.5) is 0 Å². The zero-order valence-electron chi connectivity index (χ0n) is 8.92. The normalized spacial score (nSPS) is 10.7. The van der Waals surface area contributed by atoms with Crippen LogP contribution < -0.4 is 0 Å². The van der Waals surface area contributed by atoms with Crippen molar-refractivity contribution in [3.05, 3.63) is 50.2 Å². The van der Waals surface area contributed by atoms with Gasteiger partial charge in [0.15, 0.2) is 0 Å². The fraction of sp³-hybridized carbons (Fsp3) is 0.0833. The van der Waals surface area contributed by atoms with E-state index in [1.807, 2.05) is 0 Å². The van der Waals surface area contributed by atoms with E-state index in [1.54, 1.807) is 18.2 Å². The molecule has 0 unspecified atom stereocenters. The molecule has 0 saturated carbocycles. The average Bonchev–Trinajstić information content (AvgIpc) is 2.28. The molecule has 6 heteroatoms. The Bertz CT molecular complexity index is 578. The molecular formula is C12H7Cl4NO. The molecule has 0 aliphatic rings. The van der Waals surface area contributed by atoms with Crippen LogP contribution >= 0.6 is 46.4 Å². The van der Waals surface area contributed by atoms with E-state index in [-0.39, 0.29) is 6.61 Å². The molecule has 2 rings (SSSR count). The molecule has 94 valence electrons. The SMILES string of the molecule is OCc1ncc(Cl)cc1-c1c(Cl)cc(Cl)cc1Cl. The van der Waals surface area contributed by atoms with Gasteiger partial charge in [0.2, 0.25) is 0 Å². The molecule has 0 spiro atoms. The Kier molecular flexibility index (Phi) is 4.36. The molecule has 1 aromatic carbocycles. The van der Waals surface area contributed by atoms with E-state index in [9.17, 15) is 5.11 Å². The number of aliphatic hydroxyl groups excluding tert-OH is 1.